The Bertz CT molecular complexity index is 568. The van der Waals surface area contributed by atoms with E-state index in [4.69, 9.17) is 11.6 Å². The van der Waals surface area contributed by atoms with Gasteiger partial charge in [0.15, 0.2) is 0 Å². The summed E-state index contributed by atoms with van der Waals surface area (Å²) in [4.78, 5) is 11.9. The molecule has 116 valence electrons. The van der Waals surface area contributed by atoms with Gasteiger partial charge >= 0.3 is 5.97 Å². The average molecular weight is 312 g/mol. The molecular formula is C15H22ClN3O2. The Kier molecular flexibility index (Phi) is 3.74. The fraction of sp³-hybridized carbons (Fsp3) is 0.733. The van der Waals surface area contributed by atoms with Crippen LogP contribution in [-0.2, 0) is 4.79 Å². The van der Waals surface area contributed by atoms with Crippen LogP contribution in [0.25, 0.3) is 0 Å². The van der Waals surface area contributed by atoms with Crippen molar-refractivity contribution in [3.8, 4) is 0 Å². The molecule has 2 atom stereocenters. The summed E-state index contributed by atoms with van der Waals surface area (Å²) < 4.78 is 1.93. The number of nitrogens with one attached hydrogen (secondary N) is 1. The lowest BCUT2D eigenvalue weighted by atomic mass is 9.78. The highest BCUT2D eigenvalue weighted by Gasteiger charge is 2.46. The number of aliphatic carboxylic acids is 1. The Hall–Kier alpha value is -1.07. The van der Waals surface area contributed by atoms with Crippen molar-refractivity contribution in [2.45, 2.75) is 70.0 Å². The fourth-order valence-corrected chi connectivity index (χ4v) is 3.58. The molecule has 1 aromatic rings. The van der Waals surface area contributed by atoms with Crippen molar-refractivity contribution < 1.29 is 9.90 Å². The maximum Gasteiger partial charge on any atom is 0.323 e. The van der Waals surface area contributed by atoms with Crippen molar-refractivity contribution in [1.29, 1.82) is 0 Å². The molecule has 0 bridgehead atoms. The number of aromatic nitrogens is 2. The summed E-state index contributed by atoms with van der Waals surface area (Å²) in [6.07, 6.45) is 5.31. The molecule has 0 spiro atoms. The van der Waals surface area contributed by atoms with E-state index >= 15 is 0 Å². The molecule has 2 aliphatic rings. The van der Waals surface area contributed by atoms with Gasteiger partial charge in [-0.1, -0.05) is 11.6 Å². The van der Waals surface area contributed by atoms with Crippen LogP contribution >= 0.6 is 11.6 Å². The first-order valence-electron chi connectivity index (χ1n) is 7.65. The summed E-state index contributed by atoms with van der Waals surface area (Å²) in [7, 11) is 0. The van der Waals surface area contributed by atoms with E-state index in [1.807, 2.05) is 18.5 Å². The van der Waals surface area contributed by atoms with E-state index in [2.05, 4.69) is 10.4 Å². The smallest absolute Gasteiger partial charge is 0.323 e. The Labute approximate surface area is 129 Å². The lowest BCUT2D eigenvalue weighted by Gasteiger charge is -2.39. The lowest BCUT2D eigenvalue weighted by molar-refractivity contribution is -0.147. The van der Waals surface area contributed by atoms with Crippen LogP contribution in [0.3, 0.4) is 0 Å². The first-order valence-corrected chi connectivity index (χ1v) is 8.03. The Balaban J connectivity index is 1.86. The first kappa shape index (κ1) is 14.9. The number of carboxylic acid groups (broad SMARTS) is 1. The second kappa shape index (κ2) is 5.29. The molecule has 0 aromatic carbocycles. The minimum Gasteiger partial charge on any atom is -0.480 e. The van der Waals surface area contributed by atoms with Crippen molar-refractivity contribution in [3.63, 3.8) is 0 Å². The van der Waals surface area contributed by atoms with Crippen molar-refractivity contribution in [2.75, 3.05) is 0 Å². The normalized spacial score (nSPS) is 29.6. The van der Waals surface area contributed by atoms with Gasteiger partial charge < -0.3 is 5.11 Å². The quantitative estimate of drug-likeness (QED) is 0.897. The second-order valence-corrected chi connectivity index (χ2v) is 6.86. The molecule has 2 fully saturated rings. The van der Waals surface area contributed by atoms with Crippen LogP contribution in [0.5, 0.6) is 0 Å². The van der Waals surface area contributed by atoms with Crippen LogP contribution in [-0.4, -0.2) is 32.4 Å². The van der Waals surface area contributed by atoms with Gasteiger partial charge in [0.2, 0.25) is 0 Å². The molecule has 1 aromatic heterocycles. The van der Waals surface area contributed by atoms with Gasteiger partial charge in [0.05, 0.1) is 22.5 Å². The predicted molar refractivity (Wildman–Crippen MR) is 80.7 cm³/mol. The van der Waals surface area contributed by atoms with Crippen LogP contribution in [0.2, 0.25) is 5.02 Å². The van der Waals surface area contributed by atoms with E-state index < -0.39 is 11.5 Å². The number of nitrogens with zero attached hydrogens (tertiary/aromatic N) is 2. The molecule has 0 radical (unpaired) electrons. The number of carboxylic acids is 1. The summed E-state index contributed by atoms with van der Waals surface area (Å²) in [6.45, 7) is 3.84. The standard InChI is InChI=1S/C15H22ClN3O2/c1-9-13(16)10(2)19(18-9)12-4-3-7-15(8-12,14(20)21)17-11-5-6-11/h11-12,17H,3-8H2,1-2H3,(H,20,21). The van der Waals surface area contributed by atoms with Crippen molar-refractivity contribution in [1.82, 2.24) is 15.1 Å². The number of carbonyl (C=O) groups is 1. The van der Waals surface area contributed by atoms with Gasteiger partial charge in [-0.3, -0.25) is 14.8 Å². The molecule has 2 N–H and O–H groups in total. The highest BCUT2D eigenvalue weighted by atomic mass is 35.5. The third-order valence-electron chi connectivity index (χ3n) is 4.77. The van der Waals surface area contributed by atoms with Crippen molar-refractivity contribution >= 4 is 17.6 Å². The molecule has 6 heteroatoms. The zero-order valence-corrected chi connectivity index (χ0v) is 13.3. The summed E-state index contributed by atoms with van der Waals surface area (Å²) in [5.41, 5.74) is 0.950. The molecular weight excluding hydrogens is 290 g/mol. The minimum atomic E-state index is -0.803. The fourth-order valence-electron chi connectivity index (χ4n) is 3.46. The van der Waals surface area contributed by atoms with Crippen molar-refractivity contribution in [3.05, 3.63) is 16.4 Å². The van der Waals surface area contributed by atoms with Gasteiger partial charge in [-0.25, -0.2) is 0 Å². The Morgan fingerprint density at radius 3 is 2.67 bits per heavy atom. The summed E-state index contributed by atoms with van der Waals surface area (Å²) in [5.74, 6) is -0.730. The molecule has 2 unspecified atom stereocenters. The number of aryl methyl sites for hydroxylation is 1. The Morgan fingerprint density at radius 1 is 1.43 bits per heavy atom. The zero-order chi connectivity index (χ0) is 15.2. The van der Waals surface area contributed by atoms with Crippen LogP contribution < -0.4 is 5.32 Å². The first-order chi connectivity index (χ1) is 9.93. The number of rotatable bonds is 4. The van der Waals surface area contributed by atoms with Gasteiger partial charge in [0.1, 0.15) is 5.54 Å². The van der Waals surface area contributed by atoms with Crippen LogP contribution in [0.15, 0.2) is 0 Å². The van der Waals surface area contributed by atoms with Gasteiger partial charge in [-0.05, 0) is 52.4 Å². The van der Waals surface area contributed by atoms with Crippen LogP contribution in [0.1, 0.15) is 56.0 Å². The predicted octanol–water partition coefficient (Wildman–Crippen LogP) is 2.84. The molecule has 2 saturated carbocycles. The maximum atomic E-state index is 11.9. The van der Waals surface area contributed by atoms with E-state index in [1.54, 1.807) is 0 Å². The van der Waals surface area contributed by atoms with Gasteiger partial charge in [-0.2, -0.15) is 5.10 Å². The SMILES string of the molecule is Cc1nn(C2CCCC(NC3CC3)(C(=O)O)C2)c(C)c1Cl. The van der Waals surface area contributed by atoms with E-state index in [1.165, 1.54) is 0 Å². The molecule has 0 amide bonds. The highest BCUT2D eigenvalue weighted by molar-refractivity contribution is 6.31. The number of halogens is 1. The lowest BCUT2D eigenvalue weighted by Crippen LogP contribution is -2.56. The number of hydrogen-bond donors (Lipinski definition) is 2. The topological polar surface area (TPSA) is 67.2 Å². The van der Waals surface area contributed by atoms with E-state index in [0.29, 0.717) is 23.9 Å². The van der Waals surface area contributed by atoms with E-state index in [9.17, 15) is 9.90 Å². The van der Waals surface area contributed by atoms with Crippen LogP contribution in [0.4, 0.5) is 0 Å². The summed E-state index contributed by atoms with van der Waals surface area (Å²) in [5, 5.41) is 18.3. The van der Waals surface area contributed by atoms with Crippen LogP contribution in [0, 0.1) is 13.8 Å². The Morgan fingerprint density at radius 2 is 2.14 bits per heavy atom. The third-order valence-corrected chi connectivity index (χ3v) is 5.32. The molecule has 1 heterocycles. The minimum absolute atomic E-state index is 0.104. The van der Waals surface area contributed by atoms with E-state index in [-0.39, 0.29) is 6.04 Å². The zero-order valence-electron chi connectivity index (χ0n) is 12.5. The van der Waals surface area contributed by atoms with Gasteiger partial charge in [0, 0.05) is 6.04 Å². The highest BCUT2D eigenvalue weighted by Crippen LogP contribution is 2.39. The maximum absolute atomic E-state index is 11.9. The molecule has 5 nitrogen and oxygen atoms in total. The molecule has 0 aliphatic heterocycles. The number of hydrogen-bond acceptors (Lipinski definition) is 3. The van der Waals surface area contributed by atoms with Crippen molar-refractivity contribution in [2.24, 2.45) is 0 Å². The van der Waals surface area contributed by atoms with Gasteiger partial charge in [-0.15, -0.1) is 0 Å². The largest absolute Gasteiger partial charge is 0.480 e. The van der Waals surface area contributed by atoms with E-state index in [0.717, 1.165) is 37.1 Å². The molecule has 3 rings (SSSR count). The monoisotopic (exact) mass is 311 g/mol. The summed E-state index contributed by atoms with van der Waals surface area (Å²) >= 11 is 6.23. The second-order valence-electron chi connectivity index (χ2n) is 6.49. The molecule has 2 aliphatic carbocycles. The molecule has 0 saturated heterocycles. The van der Waals surface area contributed by atoms with Gasteiger partial charge in [0.25, 0.3) is 0 Å². The molecule has 21 heavy (non-hydrogen) atoms. The average Bonchev–Trinajstić information content (AvgIpc) is 3.22. The summed E-state index contributed by atoms with van der Waals surface area (Å²) in [6, 6.07) is 0.483. The third kappa shape index (κ3) is 2.69.